The molecular weight excluding hydrogens is 214 g/mol. The van der Waals surface area contributed by atoms with Gasteiger partial charge >= 0.3 is 11.9 Å². The molecule has 0 fully saturated rings. The molecule has 0 aliphatic carbocycles. The Morgan fingerprint density at radius 2 is 2.19 bits per heavy atom. The molecule has 0 spiro atoms. The van der Waals surface area contributed by atoms with Crippen LogP contribution in [0, 0.1) is 5.92 Å². The number of carbonyl (C=O) groups is 2. The van der Waals surface area contributed by atoms with E-state index in [9.17, 15) is 9.59 Å². The predicted molar refractivity (Wildman–Crippen MR) is 53.8 cm³/mol. The number of aliphatic carboxylic acids is 2. The minimum absolute atomic E-state index is 0.0995. The van der Waals surface area contributed by atoms with Crippen LogP contribution in [-0.2, 0) is 16.1 Å². The fourth-order valence-electron chi connectivity index (χ4n) is 1.24. The van der Waals surface area contributed by atoms with Gasteiger partial charge in [0.2, 0.25) is 0 Å². The maximum absolute atomic E-state index is 10.7. The highest BCUT2D eigenvalue weighted by Gasteiger charge is 2.20. The molecule has 6 nitrogen and oxygen atoms in total. The van der Waals surface area contributed by atoms with Crippen molar-refractivity contribution >= 4 is 11.9 Å². The summed E-state index contributed by atoms with van der Waals surface area (Å²) in [4.78, 5) is 21.1. The first-order chi connectivity index (χ1) is 7.59. The molecule has 0 aromatic carbocycles. The van der Waals surface area contributed by atoms with Gasteiger partial charge in [0, 0.05) is 6.54 Å². The first-order valence-corrected chi connectivity index (χ1v) is 4.77. The van der Waals surface area contributed by atoms with E-state index in [-0.39, 0.29) is 13.0 Å². The Bertz CT molecular complexity index is 346. The number of rotatable bonds is 7. The van der Waals surface area contributed by atoms with Crippen LogP contribution in [-0.4, -0.2) is 28.7 Å². The third-order valence-corrected chi connectivity index (χ3v) is 2.04. The smallest absolute Gasteiger partial charge is 0.308 e. The van der Waals surface area contributed by atoms with Crippen LogP contribution >= 0.6 is 0 Å². The zero-order chi connectivity index (χ0) is 12.0. The van der Waals surface area contributed by atoms with Crippen LogP contribution in [0.2, 0.25) is 0 Å². The summed E-state index contributed by atoms with van der Waals surface area (Å²) in [6.07, 6.45) is 1.13. The van der Waals surface area contributed by atoms with E-state index < -0.39 is 17.9 Å². The van der Waals surface area contributed by atoms with Crippen molar-refractivity contribution in [3.05, 3.63) is 24.2 Å². The zero-order valence-corrected chi connectivity index (χ0v) is 8.55. The van der Waals surface area contributed by atoms with Crippen LogP contribution in [0.1, 0.15) is 12.2 Å². The molecule has 88 valence electrons. The van der Waals surface area contributed by atoms with Crippen molar-refractivity contribution < 1.29 is 24.2 Å². The molecule has 1 atom stereocenters. The van der Waals surface area contributed by atoms with Gasteiger partial charge in [0.05, 0.1) is 25.1 Å². The van der Waals surface area contributed by atoms with Gasteiger partial charge < -0.3 is 19.9 Å². The molecular formula is C10H13NO5. The Labute approximate surface area is 91.9 Å². The van der Waals surface area contributed by atoms with Crippen molar-refractivity contribution in [1.29, 1.82) is 0 Å². The number of carboxylic acids is 2. The second-order valence-corrected chi connectivity index (χ2v) is 3.34. The van der Waals surface area contributed by atoms with Gasteiger partial charge in [0.15, 0.2) is 0 Å². The number of furan rings is 1. The minimum Gasteiger partial charge on any atom is -0.481 e. The standard InChI is InChI=1S/C10H13NO5/c12-9(13)4-7(10(14)15)5-11-6-8-2-1-3-16-8/h1-3,7,11H,4-6H2,(H,12,13)(H,14,15). The molecule has 0 aliphatic heterocycles. The Kier molecular flexibility index (Phi) is 4.53. The first kappa shape index (κ1) is 12.3. The largest absolute Gasteiger partial charge is 0.481 e. The van der Waals surface area contributed by atoms with Crippen LogP contribution in [0.15, 0.2) is 22.8 Å². The molecule has 1 rings (SSSR count). The Hall–Kier alpha value is -1.82. The highest BCUT2D eigenvalue weighted by atomic mass is 16.4. The van der Waals surface area contributed by atoms with E-state index in [0.29, 0.717) is 12.3 Å². The van der Waals surface area contributed by atoms with Crippen LogP contribution in [0.4, 0.5) is 0 Å². The lowest BCUT2D eigenvalue weighted by Gasteiger charge is -2.09. The molecule has 1 heterocycles. The highest BCUT2D eigenvalue weighted by molar-refractivity contribution is 5.77. The van der Waals surface area contributed by atoms with Crippen LogP contribution in [0.3, 0.4) is 0 Å². The molecule has 1 unspecified atom stereocenters. The molecule has 0 amide bonds. The maximum atomic E-state index is 10.7. The average molecular weight is 227 g/mol. The summed E-state index contributed by atoms with van der Waals surface area (Å²) < 4.78 is 5.03. The third kappa shape index (κ3) is 4.14. The summed E-state index contributed by atoms with van der Waals surface area (Å²) in [7, 11) is 0. The molecule has 6 heteroatoms. The lowest BCUT2D eigenvalue weighted by Crippen LogP contribution is -2.29. The Balaban J connectivity index is 2.32. The first-order valence-electron chi connectivity index (χ1n) is 4.77. The second-order valence-electron chi connectivity index (χ2n) is 3.34. The number of hydrogen-bond donors (Lipinski definition) is 3. The SMILES string of the molecule is O=C(O)CC(CNCc1ccco1)C(=O)O. The molecule has 3 N–H and O–H groups in total. The van der Waals surface area contributed by atoms with Gasteiger partial charge in [0.1, 0.15) is 5.76 Å². The van der Waals surface area contributed by atoms with Gasteiger partial charge in [0.25, 0.3) is 0 Å². The predicted octanol–water partition coefficient (Wildman–Crippen LogP) is 0.545. The fourth-order valence-corrected chi connectivity index (χ4v) is 1.24. The summed E-state index contributed by atoms with van der Waals surface area (Å²) in [6, 6.07) is 3.48. The summed E-state index contributed by atoms with van der Waals surface area (Å²) in [5, 5.41) is 20.1. The molecule has 0 aliphatic rings. The quantitative estimate of drug-likeness (QED) is 0.628. The van der Waals surface area contributed by atoms with Crippen molar-refractivity contribution in [2.45, 2.75) is 13.0 Å². The van der Waals surface area contributed by atoms with Gasteiger partial charge in [-0.05, 0) is 12.1 Å². The maximum Gasteiger partial charge on any atom is 0.308 e. The van der Waals surface area contributed by atoms with Crippen LogP contribution in [0.25, 0.3) is 0 Å². The monoisotopic (exact) mass is 227 g/mol. The van der Waals surface area contributed by atoms with E-state index in [2.05, 4.69) is 5.32 Å². The second kappa shape index (κ2) is 5.92. The average Bonchev–Trinajstić information content (AvgIpc) is 2.68. The normalized spacial score (nSPS) is 12.2. The number of hydrogen-bond acceptors (Lipinski definition) is 4. The fraction of sp³-hybridized carbons (Fsp3) is 0.400. The van der Waals surface area contributed by atoms with Crippen molar-refractivity contribution in [3.63, 3.8) is 0 Å². The van der Waals surface area contributed by atoms with E-state index in [1.54, 1.807) is 12.1 Å². The van der Waals surface area contributed by atoms with Crippen molar-refractivity contribution in [2.24, 2.45) is 5.92 Å². The summed E-state index contributed by atoms with van der Waals surface area (Å²) in [5.74, 6) is -2.48. The van der Waals surface area contributed by atoms with E-state index in [1.807, 2.05) is 0 Å². The highest BCUT2D eigenvalue weighted by Crippen LogP contribution is 2.04. The molecule has 0 saturated heterocycles. The lowest BCUT2D eigenvalue weighted by atomic mass is 10.1. The summed E-state index contributed by atoms with van der Waals surface area (Å²) in [6.45, 7) is 0.485. The summed E-state index contributed by atoms with van der Waals surface area (Å²) >= 11 is 0. The lowest BCUT2D eigenvalue weighted by molar-refractivity contribution is -0.148. The van der Waals surface area contributed by atoms with Gasteiger partial charge in [-0.1, -0.05) is 0 Å². The Morgan fingerprint density at radius 3 is 2.69 bits per heavy atom. The summed E-state index contributed by atoms with van der Waals surface area (Å²) in [5.41, 5.74) is 0. The topological polar surface area (TPSA) is 99.8 Å². The van der Waals surface area contributed by atoms with Crippen LogP contribution in [0.5, 0.6) is 0 Å². The Morgan fingerprint density at radius 1 is 1.44 bits per heavy atom. The third-order valence-electron chi connectivity index (χ3n) is 2.04. The number of carboxylic acid groups (broad SMARTS) is 2. The van der Waals surface area contributed by atoms with E-state index in [0.717, 1.165) is 0 Å². The molecule has 0 saturated carbocycles. The molecule has 0 bridgehead atoms. The van der Waals surface area contributed by atoms with Crippen molar-refractivity contribution in [1.82, 2.24) is 5.32 Å². The molecule has 1 aromatic rings. The van der Waals surface area contributed by atoms with Crippen molar-refractivity contribution in [2.75, 3.05) is 6.54 Å². The van der Waals surface area contributed by atoms with E-state index >= 15 is 0 Å². The molecule has 16 heavy (non-hydrogen) atoms. The van der Waals surface area contributed by atoms with Gasteiger partial charge in [-0.25, -0.2) is 0 Å². The minimum atomic E-state index is -1.12. The van der Waals surface area contributed by atoms with E-state index in [4.69, 9.17) is 14.6 Å². The van der Waals surface area contributed by atoms with Gasteiger partial charge in [-0.2, -0.15) is 0 Å². The zero-order valence-electron chi connectivity index (χ0n) is 8.55. The van der Waals surface area contributed by atoms with Gasteiger partial charge in [-0.15, -0.1) is 0 Å². The van der Waals surface area contributed by atoms with Gasteiger partial charge in [-0.3, -0.25) is 9.59 Å². The number of nitrogens with one attached hydrogen (secondary N) is 1. The van der Waals surface area contributed by atoms with E-state index in [1.165, 1.54) is 6.26 Å². The van der Waals surface area contributed by atoms with Crippen LogP contribution < -0.4 is 5.32 Å². The molecule has 1 aromatic heterocycles. The van der Waals surface area contributed by atoms with Crippen molar-refractivity contribution in [3.8, 4) is 0 Å². The molecule has 0 radical (unpaired) electrons.